The number of benzene rings is 2. The molecule has 0 atom stereocenters. The van der Waals surface area contributed by atoms with Crippen LogP contribution < -0.4 is 5.32 Å². The van der Waals surface area contributed by atoms with Crippen LogP contribution in [0.5, 0.6) is 0 Å². The van der Waals surface area contributed by atoms with Gasteiger partial charge in [-0.05, 0) is 42.3 Å². The summed E-state index contributed by atoms with van der Waals surface area (Å²) in [5.74, 6) is -0.183. The molecule has 0 aliphatic rings. The Balaban J connectivity index is 2.08. The number of carbonyl (C=O) groups excluding carboxylic acids is 1. The SMILES string of the molecule is Cc1c(Cl)cccc1NC(=O)Cc1ccc(S(C)(=O)=O)cc1. The van der Waals surface area contributed by atoms with E-state index < -0.39 is 9.84 Å². The average molecular weight is 338 g/mol. The fourth-order valence-electron chi connectivity index (χ4n) is 1.98. The highest BCUT2D eigenvalue weighted by Gasteiger charge is 2.10. The lowest BCUT2D eigenvalue weighted by Crippen LogP contribution is -2.15. The maximum atomic E-state index is 12.1. The van der Waals surface area contributed by atoms with Gasteiger partial charge in [0.25, 0.3) is 0 Å². The number of nitrogens with one attached hydrogen (secondary N) is 1. The first-order chi connectivity index (χ1) is 10.3. The van der Waals surface area contributed by atoms with Crippen LogP contribution in [-0.4, -0.2) is 20.6 Å². The predicted molar refractivity (Wildman–Crippen MR) is 88.1 cm³/mol. The Labute approximate surface area is 135 Å². The lowest BCUT2D eigenvalue weighted by atomic mass is 10.1. The molecule has 0 saturated carbocycles. The van der Waals surface area contributed by atoms with Gasteiger partial charge in [0.15, 0.2) is 9.84 Å². The van der Waals surface area contributed by atoms with Crippen molar-refractivity contribution in [3.05, 3.63) is 58.6 Å². The second-order valence-corrected chi connectivity index (χ2v) is 7.48. The van der Waals surface area contributed by atoms with E-state index in [-0.39, 0.29) is 17.2 Å². The summed E-state index contributed by atoms with van der Waals surface area (Å²) in [5, 5.41) is 3.40. The van der Waals surface area contributed by atoms with Gasteiger partial charge in [-0.1, -0.05) is 29.8 Å². The molecule has 2 aromatic rings. The van der Waals surface area contributed by atoms with E-state index in [0.29, 0.717) is 10.7 Å². The monoisotopic (exact) mass is 337 g/mol. The molecule has 0 aliphatic heterocycles. The molecule has 0 heterocycles. The van der Waals surface area contributed by atoms with Gasteiger partial charge in [-0.25, -0.2) is 8.42 Å². The first kappa shape index (κ1) is 16.5. The topological polar surface area (TPSA) is 63.2 Å². The van der Waals surface area contributed by atoms with Gasteiger partial charge in [0.1, 0.15) is 0 Å². The summed E-state index contributed by atoms with van der Waals surface area (Å²) < 4.78 is 22.8. The van der Waals surface area contributed by atoms with Crippen molar-refractivity contribution >= 4 is 33.0 Å². The van der Waals surface area contributed by atoms with Gasteiger partial charge < -0.3 is 5.32 Å². The summed E-state index contributed by atoms with van der Waals surface area (Å²) in [6.07, 6.45) is 1.31. The molecule has 1 amide bonds. The van der Waals surface area contributed by atoms with Gasteiger partial charge in [0.05, 0.1) is 11.3 Å². The first-order valence-electron chi connectivity index (χ1n) is 6.61. The molecule has 6 heteroatoms. The fourth-order valence-corrected chi connectivity index (χ4v) is 2.78. The molecule has 0 aromatic heterocycles. The largest absolute Gasteiger partial charge is 0.326 e. The molecule has 0 spiro atoms. The van der Waals surface area contributed by atoms with Crippen LogP contribution in [0.4, 0.5) is 5.69 Å². The van der Waals surface area contributed by atoms with Gasteiger partial charge in [-0.15, -0.1) is 0 Å². The number of carbonyl (C=O) groups is 1. The van der Waals surface area contributed by atoms with E-state index in [1.807, 2.05) is 6.92 Å². The molecule has 4 nitrogen and oxygen atoms in total. The zero-order valence-corrected chi connectivity index (χ0v) is 13.8. The molecule has 0 saturated heterocycles. The number of rotatable bonds is 4. The maximum absolute atomic E-state index is 12.1. The molecular formula is C16H16ClNO3S. The minimum Gasteiger partial charge on any atom is -0.326 e. The lowest BCUT2D eigenvalue weighted by Gasteiger charge is -2.09. The summed E-state index contributed by atoms with van der Waals surface area (Å²) in [7, 11) is -3.22. The van der Waals surface area contributed by atoms with E-state index in [4.69, 9.17) is 11.6 Å². The highest BCUT2D eigenvalue weighted by molar-refractivity contribution is 7.90. The van der Waals surface area contributed by atoms with Crippen LogP contribution in [0.2, 0.25) is 5.02 Å². The summed E-state index contributed by atoms with van der Waals surface area (Å²) in [4.78, 5) is 12.3. The second-order valence-electron chi connectivity index (χ2n) is 5.05. The van der Waals surface area contributed by atoms with Crippen LogP contribution in [0.15, 0.2) is 47.4 Å². The number of amides is 1. The predicted octanol–water partition coefficient (Wildman–Crippen LogP) is 3.23. The minimum absolute atomic E-state index is 0.163. The smallest absolute Gasteiger partial charge is 0.228 e. The minimum atomic E-state index is -3.22. The summed E-state index contributed by atoms with van der Waals surface area (Å²) in [5.41, 5.74) is 2.22. The van der Waals surface area contributed by atoms with Gasteiger partial charge >= 0.3 is 0 Å². The molecule has 0 unspecified atom stereocenters. The maximum Gasteiger partial charge on any atom is 0.228 e. The third kappa shape index (κ3) is 4.08. The van der Waals surface area contributed by atoms with E-state index in [9.17, 15) is 13.2 Å². The van der Waals surface area contributed by atoms with Crippen molar-refractivity contribution in [3.63, 3.8) is 0 Å². The Kier molecular flexibility index (Phi) is 4.88. The average Bonchev–Trinajstić information content (AvgIpc) is 2.43. The van der Waals surface area contributed by atoms with Crippen LogP contribution in [-0.2, 0) is 21.1 Å². The summed E-state index contributed by atoms with van der Waals surface area (Å²) >= 11 is 6.01. The molecular weight excluding hydrogens is 322 g/mol. The van der Waals surface area contributed by atoms with Crippen molar-refractivity contribution in [2.75, 3.05) is 11.6 Å². The first-order valence-corrected chi connectivity index (χ1v) is 8.88. The summed E-state index contributed by atoms with van der Waals surface area (Å²) in [6, 6.07) is 11.6. The Morgan fingerprint density at radius 2 is 1.77 bits per heavy atom. The second kappa shape index (κ2) is 6.50. The van der Waals surface area contributed by atoms with Crippen LogP contribution in [0.25, 0.3) is 0 Å². The number of hydrogen-bond donors (Lipinski definition) is 1. The number of hydrogen-bond acceptors (Lipinski definition) is 3. The van der Waals surface area contributed by atoms with E-state index in [1.165, 1.54) is 12.1 Å². The van der Waals surface area contributed by atoms with E-state index in [2.05, 4.69) is 5.32 Å². The van der Waals surface area contributed by atoms with Crippen molar-refractivity contribution in [1.82, 2.24) is 0 Å². The van der Waals surface area contributed by atoms with Crippen molar-refractivity contribution in [2.24, 2.45) is 0 Å². The molecule has 2 aromatic carbocycles. The third-order valence-corrected chi connectivity index (χ3v) is 4.80. The zero-order valence-electron chi connectivity index (χ0n) is 12.3. The fraction of sp³-hybridized carbons (Fsp3) is 0.188. The third-order valence-electron chi connectivity index (χ3n) is 3.26. The van der Waals surface area contributed by atoms with Crippen LogP contribution >= 0.6 is 11.6 Å². The Morgan fingerprint density at radius 1 is 1.14 bits per heavy atom. The van der Waals surface area contributed by atoms with Gasteiger partial charge in [0, 0.05) is 17.0 Å². The molecule has 0 bridgehead atoms. The molecule has 116 valence electrons. The van der Waals surface area contributed by atoms with Crippen molar-refractivity contribution < 1.29 is 13.2 Å². The number of halogens is 1. The van der Waals surface area contributed by atoms with E-state index in [0.717, 1.165) is 17.4 Å². The van der Waals surface area contributed by atoms with Crippen molar-refractivity contribution in [2.45, 2.75) is 18.2 Å². The Hall–Kier alpha value is -1.85. The molecule has 22 heavy (non-hydrogen) atoms. The lowest BCUT2D eigenvalue weighted by molar-refractivity contribution is -0.115. The van der Waals surface area contributed by atoms with Gasteiger partial charge in [-0.2, -0.15) is 0 Å². The van der Waals surface area contributed by atoms with Gasteiger partial charge in [0.2, 0.25) is 5.91 Å². The van der Waals surface area contributed by atoms with Crippen LogP contribution in [0, 0.1) is 6.92 Å². The normalized spacial score (nSPS) is 11.2. The molecule has 0 radical (unpaired) electrons. The molecule has 0 fully saturated rings. The highest BCUT2D eigenvalue weighted by Crippen LogP contribution is 2.23. The zero-order chi connectivity index (χ0) is 16.3. The number of sulfone groups is 1. The van der Waals surface area contributed by atoms with Crippen LogP contribution in [0.1, 0.15) is 11.1 Å². The standard InChI is InChI=1S/C16H16ClNO3S/c1-11-14(17)4-3-5-15(11)18-16(19)10-12-6-8-13(9-7-12)22(2,20)21/h3-9H,10H2,1-2H3,(H,18,19). The molecule has 0 aliphatic carbocycles. The molecule has 2 rings (SSSR count). The van der Waals surface area contributed by atoms with Crippen LogP contribution in [0.3, 0.4) is 0 Å². The van der Waals surface area contributed by atoms with E-state index >= 15 is 0 Å². The highest BCUT2D eigenvalue weighted by atomic mass is 35.5. The van der Waals surface area contributed by atoms with E-state index in [1.54, 1.807) is 30.3 Å². The quantitative estimate of drug-likeness (QED) is 0.931. The Morgan fingerprint density at radius 3 is 2.36 bits per heavy atom. The summed E-state index contributed by atoms with van der Waals surface area (Å²) in [6.45, 7) is 1.83. The molecule has 1 N–H and O–H groups in total. The van der Waals surface area contributed by atoms with Crippen molar-refractivity contribution in [3.8, 4) is 0 Å². The number of anilines is 1. The van der Waals surface area contributed by atoms with Crippen molar-refractivity contribution in [1.29, 1.82) is 0 Å². The Bertz CT molecular complexity index is 799. The van der Waals surface area contributed by atoms with Gasteiger partial charge in [-0.3, -0.25) is 4.79 Å².